The molecule has 3 atom stereocenters. The lowest BCUT2D eigenvalue weighted by atomic mass is 9.89. The van der Waals surface area contributed by atoms with Crippen molar-refractivity contribution in [3.63, 3.8) is 0 Å². The van der Waals surface area contributed by atoms with E-state index in [0.29, 0.717) is 12.0 Å². The maximum atomic E-state index is 12.0. The summed E-state index contributed by atoms with van der Waals surface area (Å²) < 4.78 is 5.38. The molecule has 1 aliphatic heterocycles. The summed E-state index contributed by atoms with van der Waals surface area (Å²) in [7, 11) is 0. The van der Waals surface area contributed by atoms with Crippen molar-refractivity contribution in [2.45, 2.75) is 65.3 Å². The van der Waals surface area contributed by atoms with E-state index < -0.39 is 5.60 Å². The van der Waals surface area contributed by atoms with Gasteiger partial charge in [0, 0.05) is 25.2 Å². The molecule has 4 heteroatoms. The van der Waals surface area contributed by atoms with Crippen molar-refractivity contribution in [2.24, 2.45) is 5.92 Å². The molecule has 1 amide bonds. The Balaban J connectivity index is 1.90. The summed E-state index contributed by atoms with van der Waals surface area (Å²) in [5.41, 5.74) is 0.887. The van der Waals surface area contributed by atoms with Gasteiger partial charge in [0.1, 0.15) is 5.60 Å². The van der Waals surface area contributed by atoms with Crippen LogP contribution < -0.4 is 5.32 Å². The van der Waals surface area contributed by atoms with Gasteiger partial charge in [0.15, 0.2) is 0 Å². The van der Waals surface area contributed by atoms with Crippen molar-refractivity contribution in [1.82, 2.24) is 10.2 Å². The number of hydrogen-bond donors (Lipinski definition) is 1. The summed E-state index contributed by atoms with van der Waals surface area (Å²) in [4.78, 5) is 14.5. The Kier molecular flexibility index (Phi) is 5.69. The topological polar surface area (TPSA) is 41.6 Å². The van der Waals surface area contributed by atoms with E-state index >= 15 is 0 Å². The van der Waals surface area contributed by atoms with Crippen molar-refractivity contribution < 1.29 is 9.53 Å². The lowest BCUT2D eigenvalue weighted by Crippen LogP contribution is -2.53. The van der Waals surface area contributed by atoms with Crippen LogP contribution in [0.2, 0.25) is 0 Å². The van der Waals surface area contributed by atoms with Crippen molar-refractivity contribution in [3.8, 4) is 0 Å². The number of amides is 1. The van der Waals surface area contributed by atoms with Crippen LogP contribution in [0, 0.1) is 5.92 Å². The number of carbonyl (C=O) groups is 1. The maximum Gasteiger partial charge on any atom is 0.407 e. The fourth-order valence-corrected chi connectivity index (χ4v) is 3.12. The summed E-state index contributed by atoms with van der Waals surface area (Å²) in [6, 6.07) is 11.2. The van der Waals surface area contributed by atoms with Crippen LogP contribution in [-0.2, 0) is 11.3 Å². The monoisotopic (exact) mass is 318 g/mol. The SMILES string of the molecule is C[C@@H]1CN(Cc2ccccc2)[C@H](C)C[C@H]1NC(=O)OC(C)(C)C. The molecule has 1 N–H and O–H groups in total. The number of carbonyl (C=O) groups excluding carboxylic acids is 1. The van der Waals surface area contributed by atoms with Crippen LogP contribution in [0.3, 0.4) is 0 Å². The normalized spacial score (nSPS) is 25.9. The van der Waals surface area contributed by atoms with Gasteiger partial charge in [0.2, 0.25) is 0 Å². The predicted molar refractivity (Wildman–Crippen MR) is 93.3 cm³/mol. The Labute approximate surface area is 140 Å². The second-order valence-electron chi connectivity index (χ2n) is 7.73. The number of likely N-dealkylation sites (tertiary alicyclic amines) is 1. The minimum atomic E-state index is -0.451. The highest BCUT2D eigenvalue weighted by Gasteiger charge is 2.32. The van der Waals surface area contributed by atoms with E-state index in [0.717, 1.165) is 19.5 Å². The predicted octanol–water partition coefficient (Wildman–Crippen LogP) is 3.81. The van der Waals surface area contributed by atoms with E-state index in [4.69, 9.17) is 4.74 Å². The molecule has 1 fully saturated rings. The highest BCUT2D eigenvalue weighted by molar-refractivity contribution is 5.68. The molecule has 4 nitrogen and oxygen atoms in total. The first-order valence-corrected chi connectivity index (χ1v) is 8.52. The molecular formula is C19H30N2O2. The summed E-state index contributed by atoms with van der Waals surface area (Å²) >= 11 is 0. The third kappa shape index (κ3) is 5.54. The Morgan fingerprint density at radius 3 is 2.52 bits per heavy atom. The van der Waals surface area contributed by atoms with Crippen LogP contribution in [0.15, 0.2) is 30.3 Å². The quantitative estimate of drug-likeness (QED) is 0.921. The number of nitrogens with one attached hydrogen (secondary N) is 1. The Bertz CT molecular complexity index is 510. The van der Waals surface area contributed by atoms with Crippen molar-refractivity contribution in [3.05, 3.63) is 35.9 Å². The first-order valence-electron chi connectivity index (χ1n) is 8.52. The van der Waals surface area contributed by atoms with E-state index in [2.05, 4.69) is 48.3 Å². The lowest BCUT2D eigenvalue weighted by Gasteiger charge is -2.42. The smallest absolute Gasteiger partial charge is 0.407 e. The molecule has 2 rings (SSSR count). The summed E-state index contributed by atoms with van der Waals surface area (Å²) in [6.07, 6.45) is 0.644. The van der Waals surface area contributed by atoms with Gasteiger partial charge in [-0.15, -0.1) is 0 Å². The van der Waals surface area contributed by atoms with Crippen LogP contribution in [-0.4, -0.2) is 35.2 Å². The minimum Gasteiger partial charge on any atom is -0.444 e. The second kappa shape index (κ2) is 7.35. The molecule has 0 unspecified atom stereocenters. The number of piperidine rings is 1. The average molecular weight is 318 g/mol. The van der Waals surface area contributed by atoms with Crippen LogP contribution in [0.25, 0.3) is 0 Å². The van der Waals surface area contributed by atoms with Crippen molar-refractivity contribution in [1.29, 1.82) is 0 Å². The van der Waals surface area contributed by atoms with Crippen LogP contribution in [0.4, 0.5) is 4.79 Å². The molecule has 0 bridgehead atoms. The zero-order valence-corrected chi connectivity index (χ0v) is 15.0. The van der Waals surface area contributed by atoms with Crippen LogP contribution in [0.5, 0.6) is 0 Å². The van der Waals surface area contributed by atoms with E-state index in [1.807, 2.05) is 26.8 Å². The molecule has 23 heavy (non-hydrogen) atoms. The molecule has 1 saturated heterocycles. The largest absolute Gasteiger partial charge is 0.444 e. The lowest BCUT2D eigenvalue weighted by molar-refractivity contribution is 0.0384. The van der Waals surface area contributed by atoms with E-state index in [9.17, 15) is 4.79 Å². The molecular weight excluding hydrogens is 288 g/mol. The van der Waals surface area contributed by atoms with Crippen LogP contribution >= 0.6 is 0 Å². The zero-order valence-electron chi connectivity index (χ0n) is 15.0. The van der Waals surface area contributed by atoms with Gasteiger partial charge < -0.3 is 10.1 Å². The number of rotatable bonds is 3. The molecule has 1 heterocycles. The van der Waals surface area contributed by atoms with Crippen molar-refractivity contribution in [2.75, 3.05) is 6.54 Å². The Morgan fingerprint density at radius 1 is 1.26 bits per heavy atom. The molecule has 1 aromatic rings. The number of nitrogens with zero attached hydrogens (tertiary/aromatic N) is 1. The van der Waals surface area contributed by atoms with E-state index in [1.165, 1.54) is 5.56 Å². The third-order valence-electron chi connectivity index (χ3n) is 4.36. The van der Waals surface area contributed by atoms with Crippen LogP contribution in [0.1, 0.15) is 46.6 Å². The standard InChI is InChI=1S/C19H30N2O2/c1-14-12-21(13-16-9-7-6-8-10-16)15(2)11-17(14)20-18(22)23-19(3,4)5/h6-10,14-15,17H,11-13H2,1-5H3,(H,20,22)/t14-,15-,17-/m1/s1. The van der Waals surface area contributed by atoms with Gasteiger partial charge in [-0.05, 0) is 45.6 Å². The van der Waals surface area contributed by atoms with Gasteiger partial charge in [-0.25, -0.2) is 4.79 Å². The summed E-state index contributed by atoms with van der Waals surface area (Å²) in [5, 5.41) is 3.05. The first-order chi connectivity index (χ1) is 10.7. The first kappa shape index (κ1) is 17.8. The molecule has 1 aromatic carbocycles. The molecule has 1 aliphatic rings. The average Bonchev–Trinajstić information content (AvgIpc) is 2.43. The molecule has 0 aromatic heterocycles. The Morgan fingerprint density at radius 2 is 1.91 bits per heavy atom. The fraction of sp³-hybridized carbons (Fsp3) is 0.632. The van der Waals surface area contributed by atoms with Gasteiger partial charge in [-0.2, -0.15) is 0 Å². The molecule has 128 valence electrons. The highest BCUT2D eigenvalue weighted by Crippen LogP contribution is 2.24. The van der Waals surface area contributed by atoms with Gasteiger partial charge >= 0.3 is 6.09 Å². The molecule has 0 aliphatic carbocycles. The molecule has 0 radical (unpaired) electrons. The van der Waals surface area contributed by atoms with Gasteiger partial charge in [0.05, 0.1) is 0 Å². The number of ether oxygens (including phenoxy) is 1. The van der Waals surface area contributed by atoms with Gasteiger partial charge in [-0.3, -0.25) is 4.90 Å². The molecule has 0 spiro atoms. The van der Waals surface area contributed by atoms with Crippen molar-refractivity contribution >= 4 is 6.09 Å². The van der Waals surface area contributed by atoms with Gasteiger partial charge in [0.25, 0.3) is 0 Å². The number of alkyl carbamates (subject to hydrolysis) is 1. The van der Waals surface area contributed by atoms with Gasteiger partial charge in [-0.1, -0.05) is 37.3 Å². The number of benzene rings is 1. The second-order valence-corrected chi connectivity index (χ2v) is 7.73. The third-order valence-corrected chi connectivity index (χ3v) is 4.36. The number of hydrogen-bond acceptors (Lipinski definition) is 3. The fourth-order valence-electron chi connectivity index (χ4n) is 3.12. The highest BCUT2D eigenvalue weighted by atomic mass is 16.6. The van der Waals surface area contributed by atoms with E-state index in [-0.39, 0.29) is 12.1 Å². The minimum absolute atomic E-state index is 0.173. The van der Waals surface area contributed by atoms with E-state index in [1.54, 1.807) is 0 Å². The summed E-state index contributed by atoms with van der Waals surface area (Å²) in [6.45, 7) is 12.1. The zero-order chi connectivity index (χ0) is 17.0. The Hall–Kier alpha value is -1.55. The summed E-state index contributed by atoms with van der Waals surface area (Å²) in [5.74, 6) is 0.405. The maximum absolute atomic E-state index is 12.0. The molecule has 0 saturated carbocycles.